The quantitative estimate of drug-likeness (QED) is 0.406. The molecule has 2 aromatic heterocycles. The van der Waals surface area contributed by atoms with E-state index in [2.05, 4.69) is 38.1 Å². The van der Waals surface area contributed by atoms with Crippen molar-refractivity contribution in [3.63, 3.8) is 0 Å². The van der Waals surface area contributed by atoms with Gasteiger partial charge in [0, 0.05) is 41.5 Å². The van der Waals surface area contributed by atoms with Crippen LogP contribution in [0.1, 0.15) is 93.6 Å². The van der Waals surface area contributed by atoms with E-state index in [1.807, 2.05) is 28.4 Å². The maximum atomic E-state index is 14.1. The summed E-state index contributed by atoms with van der Waals surface area (Å²) in [6.07, 6.45) is 9.25. The number of thiazole rings is 1. The first-order chi connectivity index (χ1) is 17.0. The van der Waals surface area contributed by atoms with Gasteiger partial charge in [-0.1, -0.05) is 27.7 Å². The van der Waals surface area contributed by atoms with Crippen molar-refractivity contribution in [2.24, 2.45) is 11.8 Å². The zero-order chi connectivity index (χ0) is 26.0. The van der Waals surface area contributed by atoms with Crippen LogP contribution in [0.5, 0.6) is 0 Å². The second-order valence-corrected chi connectivity index (χ2v) is 13.5. The van der Waals surface area contributed by atoms with E-state index in [9.17, 15) is 14.7 Å². The van der Waals surface area contributed by atoms with Gasteiger partial charge in [0.1, 0.15) is 4.88 Å². The van der Waals surface area contributed by atoms with Crippen LogP contribution < -0.4 is 15.3 Å². The fourth-order valence-corrected chi connectivity index (χ4v) is 7.08. The van der Waals surface area contributed by atoms with Crippen molar-refractivity contribution >= 4 is 45.4 Å². The Morgan fingerprint density at radius 1 is 1.08 bits per heavy atom. The van der Waals surface area contributed by atoms with E-state index in [-0.39, 0.29) is 23.3 Å². The largest absolute Gasteiger partial charge is 0.477 e. The molecule has 2 N–H and O–H groups in total. The molecule has 2 fully saturated rings. The standard InChI is InChI=1S/C27H40N4O3S2/c1-17-6-8-18(9-7-17)24(32)31(21-16-22(27(2,3)4)36-23(21)25(33)34)20-12-10-19(11-13-20)29-30(5)26-28-14-15-35-26/h14-20,29H,6-13H2,1-5H3,(H,33,34)/t17?,18?,19-,20-. The molecular weight excluding hydrogens is 492 g/mol. The van der Waals surface area contributed by atoms with Gasteiger partial charge < -0.3 is 10.0 Å². The Bertz CT molecular complexity index is 1030. The van der Waals surface area contributed by atoms with Crippen LogP contribution in [-0.4, -0.2) is 41.1 Å². The van der Waals surface area contributed by atoms with Crippen molar-refractivity contribution in [2.45, 2.75) is 96.6 Å². The summed E-state index contributed by atoms with van der Waals surface area (Å²) in [6, 6.07) is 2.30. The summed E-state index contributed by atoms with van der Waals surface area (Å²) in [4.78, 5) is 34.0. The monoisotopic (exact) mass is 532 g/mol. The van der Waals surface area contributed by atoms with Gasteiger partial charge in [-0.3, -0.25) is 9.80 Å². The molecule has 36 heavy (non-hydrogen) atoms. The maximum Gasteiger partial charge on any atom is 0.348 e. The fourth-order valence-electron chi connectivity index (χ4n) is 5.46. The average Bonchev–Trinajstić information content (AvgIpc) is 3.51. The predicted octanol–water partition coefficient (Wildman–Crippen LogP) is 6.31. The number of carbonyl (C=O) groups is 2. The third kappa shape index (κ3) is 6.11. The number of hydrogen-bond acceptors (Lipinski definition) is 7. The summed E-state index contributed by atoms with van der Waals surface area (Å²) in [5, 5.41) is 15.0. The van der Waals surface area contributed by atoms with Gasteiger partial charge in [-0.25, -0.2) is 15.2 Å². The predicted molar refractivity (Wildman–Crippen MR) is 148 cm³/mol. The van der Waals surface area contributed by atoms with Crippen molar-refractivity contribution in [3.8, 4) is 0 Å². The summed E-state index contributed by atoms with van der Waals surface area (Å²) in [7, 11) is 1.99. The zero-order valence-electron chi connectivity index (χ0n) is 22.1. The summed E-state index contributed by atoms with van der Waals surface area (Å²) in [5.41, 5.74) is 3.99. The molecule has 0 bridgehead atoms. The minimum atomic E-state index is -0.944. The summed E-state index contributed by atoms with van der Waals surface area (Å²) >= 11 is 2.92. The van der Waals surface area contributed by atoms with Gasteiger partial charge in [-0.15, -0.1) is 22.7 Å². The van der Waals surface area contributed by atoms with Crippen molar-refractivity contribution in [3.05, 3.63) is 27.4 Å². The Labute approximate surface area is 222 Å². The molecule has 0 unspecified atom stereocenters. The maximum absolute atomic E-state index is 14.1. The highest BCUT2D eigenvalue weighted by atomic mass is 32.1. The summed E-state index contributed by atoms with van der Waals surface area (Å²) < 4.78 is 0. The van der Waals surface area contributed by atoms with Gasteiger partial charge in [-0.05, 0) is 68.8 Å². The lowest BCUT2D eigenvalue weighted by atomic mass is 9.81. The Balaban J connectivity index is 1.57. The van der Waals surface area contributed by atoms with Crippen LogP contribution in [-0.2, 0) is 10.2 Å². The molecule has 2 aromatic rings. The summed E-state index contributed by atoms with van der Waals surface area (Å²) in [6.45, 7) is 8.54. The number of hydrazine groups is 1. The second-order valence-electron chi connectivity index (χ2n) is 11.6. The van der Waals surface area contributed by atoms with Crippen LogP contribution in [0.4, 0.5) is 10.8 Å². The van der Waals surface area contributed by atoms with Crippen LogP contribution in [0, 0.1) is 11.8 Å². The Hall–Kier alpha value is -1.97. The van der Waals surface area contributed by atoms with Gasteiger partial charge in [0.25, 0.3) is 0 Å². The van der Waals surface area contributed by atoms with E-state index in [0.717, 1.165) is 61.4 Å². The molecular formula is C27H40N4O3S2. The number of nitrogens with zero attached hydrogens (tertiary/aromatic N) is 3. The fraction of sp³-hybridized carbons (Fsp3) is 0.667. The molecule has 0 aromatic carbocycles. The smallest absolute Gasteiger partial charge is 0.348 e. The topological polar surface area (TPSA) is 85.8 Å². The average molecular weight is 533 g/mol. The van der Waals surface area contributed by atoms with Crippen molar-refractivity contribution in [1.82, 2.24) is 10.4 Å². The lowest BCUT2D eigenvalue weighted by molar-refractivity contribution is -0.124. The number of nitrogens with one attached hydrogen (secondary N) is 1. The first-order valence-corrected chi connectivity index (χ1v) is 14.8. The number of aromatic nitrogens is 1. The van der Waals surface area contributed by atoms with Crippen LogP contribution in [0.2, 0.25) is 0 Å². The molecule has 2 heterocycles. The molecule has 4 rings (SSSR count). The first-order valence-electron chi connectivity index (χ1n) is 13.1. The number of amides is 1. The molecule has 9 heteroatoms. The Morgan fingerprint density at radius 2 is 1.75 bits per heavy atom. The highest BCUT2D eigenvalue weighted by Gasteiger charge is 2.38. The van der Waals surface area contributed by atoms with Crippen molar-refractivity contribution < 1.29 is 14.7 Å². The third-order valence-electron chi connectivity index (χ3n) is 7.65. The Kier molecular flexibility index (Phi) is 8.42. The lowest BCUT2D eigenvalue weighted by Gasteiger charge is -2.40. The third-order valence-corrected chi connectivity index (χ3v) is 10.0. The molecule has 7 nitrogen and oxygen atoms in total. The van der Waals surface area contributed by atoms with E-state index in [1.54, 1.807) is 17.5 Å². The minimum Gasteiger partial charge on any atom is -0.477 e. The number of hydrogen-bond donors (Lipinski definition) is 2. The van der Waals surface area contributed by atoms with Crippen molar-refractivity contribution in [2.75, 3.05) is 17.0 Å². The number of carboxylic acid groups (broad SMARTS) is 1. The van der Waals surface area contributed by atoms with E-state index in [1.165, 1.54) is 11.3 Å². The number of aromatic carboxylic acids is 1. The normalized spacial score (nSPS) is 24.9. The molecule has 2 aliphatic carbocycles. The van der Waals surface area contributed by atoms with Crippen molar-refractivity contribution in [1.29, 1.82) is 0 Å². The van der Waals surface area contributed by atoms with Crippen LogP contribution in [0.25, 0.3) is 0 Å². The molecule has 0 radical (unpaired) electrons. The molecule has 0 spiro atoms. The number of rotatable bonds is 7. The number of thiophene rings is 1. The SMILES string of the molecule is CC1CCC(C(=O)N(c2cc(C(C)(C)C)sc2C(=O)O)[C@H]2CC[C@H](NN(C)c3nccs3)CC2)CC1. The zero-order valence-corrected chi connectivity index (χ0v) is 23.8. The number of anilines is 2. The first kappa shape index (κ1) is 27.1. The van der Waals surface area contributed by atoms with E-state index < -0.39 is 5.97 Å². The van der Waals surface area contributed by atoms with E-state index >= 15 is 0 Å². The molecule has 1 amide bonds. The highest BCUT2D eigenvalue weighted by molar-refractivity contribution is 7.14. The van der Waals surface area contributed by atoms with Crippen LogP contribution in [0.3, 0.4) is 0 Å². The van der Waals surface area contributed by atoms with Gasteiger partial charge in [-0.2, -0.15) is 0 Å². The molecule has 2 aliphatic rings. The summed E-state index contributed by atoms with van der Waals surface area (Å²) in [5.74, 6) is -0.185. The second kappa shape index (κ2) is 11.2. The van der Waals surface area contributed by atoms with Crippen LogP contribution >= 0.6 is 22.7 Å². The number of carboxylic acids is 1. The highest BCUT2D eigenvalue weighted by Crippen LogP contribution is 2.41. The molecule has 198 valence electrons. The Morgan fingerprint density at radius 3 is 2.31 bits per heavy atom. The minimum absolute atomic E-state index is 0.0144. The molecule has 2 saturated carbocycles. The van der Waals surface area contributed by atoms with E-state index in [4.69, 9.17) is 0 Å². The van der Waals surface area contributed by atoms with Gasteiger partial charge in [0.2, 0.25) is 5.91 Å². The van der Waals surface area contributed by atoms with Gasteiger partial charge >= 0.3 is 5.97 Å². The number of carbonyl (C=O) groups excluding carboxylic acids is 1. The molecule has 0 atom stereocenters. The molecule has 0 aliphatic heterocycles. The lowest BCUT2D eigenvalue weighted by Crippen LogP contribution is -2.50. The molecule has 0 saturated heterocycles. The van der Waals surface area contributed by atoms with Gasteiger partial charge in [0.05, 0.1) is 5.69 Å². The van der Waals surface area contributed by atoms with E-state index in [0.29, 0.717) is 22.5 Å². The van der Waals surface area contributed by atoms with Gasteiger partial charge in [0.15, 0.2) is 5.13 Å². The van der Waals surface area contributed by atoms with Crippen LogP contribution in [0.15, 0.2) is 17.6 Å².